The van der Waals surface area contributed by atoms with Gasteiger partial charge in [0.05, 0.1) is 68.4 Å². The number of aryl methyl sites for hydroxylation is 2. The maximum atomic E-state index is 13.1. The molecule has 2 aromatic rings. The van der Waals surface area contributed by atoms with Crippen molar-refractivity contribution in [3.8, 4) is 0 Å². The number of rotatable bonds is 19. The number of sulfone groups is 2. The van der Waals surface area contributed by atoms with Crippen molar-refractivity contribution in [2.24, 2.45) is 0 Å². The molecular formula is C26H38O9S2. The van der Waals surface area contributed by atoms with E-state index in [1.165, 1.54) is 12.1 Å². The van der Waals surface area contributed by atoms with Crippen LogP contribution in [0.25, 0.3) is 0 Å². The normalized spacial score (nSPS) is 13.1. The molecule has 0 aliphatic carbocycles. The molecule has 0 radical (unpaired) electrons. The molecule has 2 aromatic carbocycles. The van der Waals surface area contributed by atoms with E-state index in [9.17, 15) is 16.8 Å². The fourth-order valence-corrected chi connectivity index (χ4v) is 5.63. The minimum Gasteiger partial charge on any atom is -0.379 e. The van der Waals surface area contributed by atoms with Gasteiger partial charge < -0.3 is 23.7 Å². The molecule has 0 bridgehead atoms. The second-order valence-electron chi connectivity index (χ2n) is 8.29. The van der Waals surface area contributed by atoms with Crippen LogP contribution in [0.15, 0.2) is 58.3 Å². The maximum Gasteiger partial charge on any atom is 0.207 e. The predicted molar refractivity (Wildman–Crippen MR) is 140 cm³/mol. The second kappa shape index (κ2) is 16.2. The zero-order valence-corrected chi connectivity index (χ0v) is 23.4. The number of benzene rings is 2. The van der Waals surface area contributed by atoms with Gasteiger partial charge in [0.15, 0.2) is 15.3 Å². The van der Waals surface area contributed by atoms with Crippen LogP contribution >= 0.6 is 0 Å². The molecule has 2 rings (SSSR count). The molecule has 0 saturated heterocycles. The van der Waals surface area contributed by atoms with Crippen LogP contribution in [0, 0.1) is 13.8 Å². The Morgan fingerprint density at radius 1 is 0.622 bits per heavy atom. The van der Waals surface area contributed by atoms with E-state index in [0.717, 1.165) is 11.1 Å². The zero-order chi connectivity index (χ0) is 27.2. The third-order valence-corrected chi connectivity index (χ3v) is 8.89. The van der Waals surface area contributed by atoms with Gasteiger partial charge in [0, 0.05) is 6.61 Å². The molecule has 0 N–H and O–H groups in total. The van der Waals surface area contributed by atoms with Gasteiger partial charge in [0.2, 0.25) is 9.84 Å². The highest BCUT2D eigenvalue weighted by Gasteiger charge is 2.28. The van der Waals surface area contributed by atoms with Gasteiger partial charge >= 0.3 is 0 Å². The van der Waals surface area contributed by atoms with E-state index in [0.29, 0.717) is 26.4 Å². The van der Waals surface area contributed by atoms with Crippen LogP contribution in [0.2, 0.25) is 0 Å². The average Bonchev–Trinajstić information content (AvgIpc) is 2.86. The number of hydrogen-bond acceptors (Lipinski definition) is 9. The molecule has 0 saturated carbocycles. The first kappa shape index (κ1) is 31.4. The van der Waals surface area contributed by atoms with Crippen LogP contribution in [0.5, 0.6) is 0 Å². The molecule has 208 valence electrons. The molecular weight excluding hydrogens is 520 g/mol. The van der Waals surface area contributed by atoms with Crippen molar-refractivity contribution in [1.82, 2.24) is 0 Å². The summed E-state index contributed by atoms with van der Waals surface area (Å²) < 4.78 is 78.3. The van der Waals surface area contributed by atoms with Gasteiger partial charge in [-0.3, -0.25) is 0 Å². The minimum atomic E-state index is -3.84. The van der Waals surface area contributed by atoms with Crippen LogP contribution in [-0.2, 0) is 43.4 Å². The Balaban J connectivity index is 1.84. The molecule has 0 fully saturated rings. The molecule has 1 unspecified atom stereocenters. The SMILES string of the molecule is CCOCCOCCOCC(OCCOCCS(=O)(=O)c1ccc(C)cc1)S(=O)(=O)c1ccc(C)cc1. The van der Waals surface area contributed by atoms with Crippen molar-refractivity contribution in [3.63, 3.8) is 0 Å². The van der Waals surface area contributed by atoms with Crippen LogP contribution in [-0.4, -0.2) is 87.5 Å². The first-order valence-electron chi connectivity index (χ1n) is 12.2. The summed E-state index contributed by atoms with van der Waals surface area (Å²) in [5.74, 6) is -0.187. The van der Waals surface area contributed by atoms with Gasteiger partial charge in [-0.2, -0.15) is 0 Å². The molecule has 1 atom stereocenters. The second-order valence-corrected chi connectivity index (χ2v) is 12.5. The van der Waals surface area contributed by atoms with Gasteiger partial charge in [-0.25, -0.2) is 16.8 Å². The third kappa shape index (κ3) is 11.2. The summed E-state index contributed by atoms with van der Waals surface area (Å²) in [5, 5.41) is 0. The summed E-state index contributed by atoms with van der Waals surface area (Å²) >= 11 is 0. The lowest BCUT2D eigenvalue weighted by Crippen LogP contribution is -2.32. The Morgan fingerprint density at radius 2 is 1.11 bits per heavy atom. The molecule has 0 amide bonds. The van der Waals surface area contributed by atoms with Gasteiger partial charge in [0.25, 0.3) is 0 Å². The first-order valence-corrected chi connectivity index (χ1v) is 15.4. The lowest BCUT2D eigenvalue weighted by atomic mass is 10.2. The van der Waals surface area contributed by atoms with Crippen LogP contribution in [0.1, 0.15) is 18.1 Å². The standard InChI is InChI=1S/C26H38O9S2/c1-4-31-13-14-32-15-16-34-21-26(37(29,30)25-11-7-23(3)8-12-25)35-18-17-33-19-20-36(27,28)24-9-5-22(2)6-10-24/h5-12,26H,4,13-21H2,1-3H3. The van der Waals surface area contributed by atoms with Gasteiger partial charge in [0.1, 0.15) is 0 Å². The van der Waals surface area contributed by atoms with E-state index in [1.54, 1.807) is 36.4 Å². The van der Waals surface area contributed by atoms with Crippen molar-refractivity contribution in [2.75, 3.05) is 65.2 Å². The lowest BCUT2D eigenvalue weighted by molar-refractivity contribution is -0.0219. The van der Waals surface area contributed by atoms with E-state index in [2.05, 4.69) is 0 Å². The zero-order valence-electron chi connectivity index (χ0n) is 21.8. The fraction of sp³-hybridized carbons (Fsp3) is 0.538. The number of ether oxygens (including phenoxy) is 5. The van der Waals surface area contributed by atoms with Crippen molar-refractivity contribution in [1.29, 1.82) is 0 Å². The lowest BCUT2D eigenvalue weighted by Gasteiger charge is -2.19. The maximum absolute atomic E-state index is 13.1. The van der Waals surface area contributed by atoms with Crippen LogP contribution < -0.4 is 0 Å². The van der Waals surface area contributed by atoms with E-state index >= 15 is 0 Å². The van der Waals surface area contributed by atoms with Crippen molar-refractivity contribution < 1.29 is 40.5 Å². The number of hydrogen-bond donors (Lipinski definition) is 0. The predicted octanol–water partition coefficient (Wildman–Crippen LogP) is 2.98. The van der Waals surface area contributed by atoms with Crippen molar-refractivity contribution in [2.45, 2.75) is 36.0 Å². The Morgan fingerprint density at radius 3 is 1.70 bits per heavy atom. The van der Waals surface area contributed by atoms with E-state index in [1.807, 2.05) is 20.8 Å². The summed E-state index contributed by atoms with van der Waals surface area (Å²) in [6.45, 7) is 7.43. The molecule has 0 heterocycles. The molecule has 0 aliphatic rings. The molecule has 11 heteroatoms. The molecule has 9 nitrogen and oxygen atoms in total. The molecule has 37 heavy (non-hydrogen) atoms. The molecule has 0 aliphatic heterocycles. The smallest absolute Gasteiger partial charge is 0.207 e. The van der Waals surface area contributed by atoms with Crippen LogP contribution in [0.3, 0.4) is 0 Å². The summed E-state index contributed by atoms with van der Waals surface area (Å²) in [7, 11) is -7.31. The molecule has 0 spiro atoms. The first-order chi connectivity index (χ1) is 17.7. The van der Waals surface area contributed by atoms with Gasteiger partial charge in [-0.15, -0.1) is 0 Å². The highest BCUT2D eigenvalue weighted by atomic mass is 32.2. The summed E-state index contributed by atoms with van der Waals surface area (Å²) in [6.07, 6.45) is 0. The van der Waals surface area contributed by atoms with Crippen molar-refractivity contribution >= 4 is 19.7 Å². The highest BCUT2D eigenvalue weighted by molar-refractivity contribution is 7.92. The summed E-state index contributed by atoms with van der Waals surface area (Å²) in [6, 6.07) is 13.1. The van der Waals surface area contributed by atoms with Gasteiger partial charge in [-0.1, -0.05) is 35.4 Å². The highest BCUT2D eigenvalue weighted by Crippen LogP contribution is 2.18. The third-order valence-electron chi connectivity index (χ3n) is 5.31. The van der Waals surface area contributed by atoms with Crippen LogP contribution in [0.4, 0.5) is 0 Å². The van der Waals surface area contributed by atoms with E-state index in [-0.39, 0.29) is 48.6 Å². The monoisotopic (exact) mass is 558 g/mol. The Hall–Kier alpha value is -1.86. The Labute approximate surface area is 220 Å². The summed E-state index contributed by atoms with van der Waals surface area (Å²) in [4.78, 5) is 0.367. The topological polar surface area (TPSA) is 114 Å². The van der Waals surface area contributed by atoms with E-state index < -0.39 is 25.1 Å². The van der Waals surface area contributed by atoms with Gasteiger partial charge in [-0.05, 0) is 45.0 Å². The van der Waals surface area contributed by atoms with Crippen molar-refractivity contribution in [3.05, 3.63) is 59.7 Å². The minimum absolute atomic E-state index is 0.0316. The Bertz CT molecular complexity index is 1110. The Kier molecular flexibility index (Phi) is 13.7. The molecule has 0 aromatic heterocycles. The largest absolute Gasteiger partial charge is 0.379 e. The average molecular weight is 559 g/mol. The van der Waals surface area contributed by atoms with E-state index in [4.69, 9.17) is 23.7 Å². The fourth-order valence-electron chi connectivity index (χ4n) is 3.14. The summed E-state index contributed by atoms with van der Waals surface area (Å²) in [5.41, 5.74) is 0.657. The quantitative estimate of drug-likeness (QED) is 0.240.